The van der Waals surface area contributed by atoms with Crippen molar-refractivity contribution in [2.24, 2.45) is 5.92 Å². The third-order valence-electron chi connectivity index (χ3n) is 5.65. The molecule has 170 valence electrons. The summed E-state index contributed by atoms with van der Waals surface area (Å²) in [6.45, 7) is 12.9. The number of amides is 1. The van der Waals surface area contributed by atoms with Crippen molar-refractivity contribution in [2.45, 2.75) is 53.2 Å². The Bertz CT molecular complexity index is 867. The van der Waals surface area contributed by atoms with Gasteiger partial charge in [-0.1, -0.05) is 31.5 Å². The first-order chi connectivity index (χ1) is 14.7. The zero-order valence-electron chi connectivity index (χ0n) is 19.4. The highest BCUT2D eigenvalue weighted by Crippen LogP contribution is 2.34. The molecule has 1 N–H and O–H groups in total. The number of hydrogen-bond donors (Lipinski definition) is 1. The summed E-state index contributed by atoms with van der Waals surface area (Å²) in [5.74, 6) is 1.41. The number of rotatable bonds is 9. The van der Waals surface area contributed by atoms with Crippen molar-refractivity contribution in [3.05, 3.63) is 51.2 Å². The van der Waals surface area contributed by atoms with Gasteiger partial charge in [-0.3, -0.25) is 9.69 Å². The van der Waals surface area contributed by atoms with Crippen molar-refractivity contribution in [1.29, 1.82) is 0 Å². The third kappa shape index (κ3) is 6.31. The maximum Gasteiger partial charge on any atom is 0.237 e. The number of carbonyl (C=O) groups is 1. The number of aliphatic hydroxyl groups is 1. The highest BCUT2D eigenvalue weighted by molar-refractivity contribution is 7.10. The fourth-order valence-electron chi connectivity index (χ4n) is 4.38. The largest absolute Gasteiger partial charge is 0.491 e. The summed E-state index contributed by atoms with van der Waals surface area (Å²) in [5.41, 5.74) is 3.53. The van der Waals surface area contributed by atoms with Crippen molar-refractivity contribution >= 4 is 17.2 Å². The number of carbonyl (C=O) groups excluding carboxylic acids is 1. The van der Waals surface area contributed by atoms with E-state index >= 15 is 0 Å². The molecule has 31 heavy (non-hydrogen) atoms. The Hall–Kier alpha value is -1.89. The summed E-state index contributed by atoms with van der Waals surface area (Å²) >= 11 is 1.76. The lowest BCUT2D eigenvalue weighted by atomic mass is 10.00. The van der Waals surface area contributed by atoms with E-state index in [2.05, 4.69) is 56.2 Å². The maximum absolute atomic E-state index is 13.4. The van der Waals surface area contributed by atoms with Crippen LogP contribution >= 0.6 is 11.3 Å². The number of thiophene rings is 1. The molecule has 0 spiro atoms. The minimum atomic E-state index is -0.458. The van der Waals surface area contributed by atoms with Crippen LogP contribution in [0.15, 0.2) is 29.6 Å². The van der Waals surface area contributed by atoms with Gasteiger partial charge in [-0.05, 0) is 61.7 Å². The van der Waals surface area contributed by atoms with Crippen molar-refractivity contribution in [3.63, 3.8) is 0 Å². The predicted molar refractivity (Wildman–Crippen MR) is 127 cm³/mol. The zero-order valence-corrected chi connectivity index (χ0v) is 20.2. The Balaban J connectivity index is 1.76. The van der Waals surface area contributed by atoms with Gasteiger partial charge in [-0.25, -0.2) is 0 Å². The van der Waals surface area contributed by atoms with Gasteiger partial charge in [0.25, 0.3) is 0 Å². The molecule has 2 aromatic rings. The van der Waals surface area contributed by atoms with Gasteiger partial charge in [0.1, 0.15) is 12.4 Å². The number of hydrogen-bond acceptors (Lipinski definition) is 5. The van der Waals surface area contributed by atoms with E-state index < -0.39 is 6.10 Å². The van der Waals surface area contributed by atoms with Crippen LogP contribution in [0.5, 0.6) is 5.75 Å². The molecule has 0 aliphatic carbocycles. The quantitative estimate of drug-likeness (QED) is 0.630. The average molecular weight is 445 g/mol. The number of fused-ring (bicyclic) bond motifs is 1. The van der Waals surface area contributed by atoms with Crippen LogP contribution in [0.3, 0.4) is 0 Å². The van der Waals surface area contributed by atoms with Crippen molar-refractivity contribution in [1.82, 2.24) is 9.80 Å². The lowest BCUT2D eigenvalue weighted by Gasteiger charge is -2.37. The monoisotopic (exact) mass is 444 g/mol. The van der Waals surface area contributed by atoms with Crippen molar-refractivity contribution in [3.8, 4) is 5.75 Å². The average Bonchev–Trinajstić information content (AvgIpc) is 3.15. The van der Waals surface area contributed by atoms with Crippen LogP contribution in [0.25, 0.3) is 0 Å². The SMILES string of the molecule is Cc1ccc(OC[C@@H]2c3ccsc3CCN2C(=O)CN(CC(C)C)C[C@@H](C)O)c(C)c1. The first-order valence-corrected chi connectivity index (χ1v) is 12.1. The van der Waals surface area contributed by atoms with E-state index in [-0.39, 0.29) is 11.9 Å². The molecule has 6 heteroatoms. The molecular weight excluding hydrogens is 408 g/mol. The molecule has 5 nitrogen and oxygen atoms in total. The van der Waals surface area contributed by atoms with Crippen LogP contribution < -0.4 is 4.74 Å². The molecule has 1 aliphatic rings. The molecule has 0 saturated carbocycles. The smallest absolute Gasteiger partial charge is 0.237 e. The second-order valence-corrected chi connectivity index (χ2v) is 10.2. The second-order valence-electron chi connectivity index (χ2n) is 9.17. The highest BCUT2D eigenvalue weighted by atomic mass is 32.1. The minimum absolute atomic E-state index is 0.0874. The molecule has 2 atom stereocenters. The Labute approximate surface area is 190 Å². The van der Waals surface area contributed by atoms with Crippen LogP contribution in [0.1, 0.15) is 48.4 Å². The van der Waals surface area contributed by atoms with Crippen molar-refractivity contribution < 1.29 is 14.6 Å². The molecule has 1 aromatic heterocycles. The Morgan fingerprint density at radius 1 is 1.26 bits per heavy atom. The second kappa shape index (κ2) is 10.6. The molecular formula is C25H36N2O3S. The summed E-state index contributed by atoms with van der Waals surface area (Å²) in [6.07, 6.45) is 0.430. The standard InChI is InChI=1S/C25H36N2O3S/c1-17(2)13-26(14-20(5)28)15-25(29)27-10-8-24-21(9-11-31-24)22(27)16-30-23-7-6-18(3)12-19(23)4/h6-7,9,11-12,17,20,22,28H,8,10,13-16H2,1-5H3/t20-,22-/m1/s1. The number of aliphatic hydroxyl groups excluding tert-OH is 1. The molecule has 1 aromatic carbocycles. The van der Waals surface area contributed by atoms with Crippen LogP contribution in [0, 0.1) is 19.8 Å². The fraction of sp³-hybridized carbons (Fsp3) is 0.560. The number of aryl methyl sites for hydroxylation is 2. The number of benzene rings is 1. The zero-order chi connectivity index (χ0) is 22.5. The molecule has 0 fully saturated rings. The van der Waals surface area contributed by atoms with Crippen LogP contribution in [0.4, 0.5) is 0 Å². The van der Waals surface area contributed by atoms with E-state index in [1.807, 2.05) is 11.0 Å². The third-order valence-corrected chi connectivity index (χ3v) is 6.64. The lowest BCUT2D eigenvalue weighted by Crippen LogP contribution is -2.48. The topological polar surface area (TPSA) is 53.0 Å². The summed E-state index contributed by atoms with van der Waals surface area (Å²) in [5, 5.41) is 12.0. The Kier molecular flexibility index (Phi) is 8.14. The van der Waals surface area contributed by atoms with Gasteiger partial charge in [0.2, 0.25) is 5.91 Å². The molecule has 0 unspecified atom stereocenters. The van der Waals surface area contributed by atoms with Crippen LogP contribution in [-0.4, -0.2) is 59.7 Å². The molecule has 0 radical (unpaired) electrons. The van der Waals surface area contributed by atoms with E-state index in [4.69, 9.17) is 4.74 Å². The molecule has 3 rings (SSSR count). The highest BCUT2D eigenvalue weighted by Gasteiger charge is 2.33. The number of nitrogens with zero attached hydrogens (tertiary/aromatic N) is 2. The van der Waals surface area contributed by atoms with E-state index in [0.29, 0.717) is 32.2 Å². The van der Waals surface area contributed by atoms with Gasteiger partial charge in [0.15, 0.2) is 0 Å². The predicted octanol–water partition coefficient (Wildman–Crippen LogP) is 4.21. The molecule has 0 saturated heterocycles. The first-order valence-electron chi connectivity index (χ1n) is 11.2. The summed E-state index contributed by atoms with van der Waals surface area (Å²) in [4.78, 5) is 18.8. The summed E-state index contributed by atoms with van der Waals surface area (Å²) in [7, 11) is 0. The summed E-state index contributed by atoms with van der Waals surface area (Å²) < 4.78 is 6.23. The van der Waals surface area contributed by atoms with Gasteiger partial charge in [-0.2, -0.15) is 0 Å². The van der Waals surface area contributed by atoms with Gasteiger partial charge >= 0.3 is 0 Å². The van der Waals surface area contributed by atoms with Crippen molar-refractivity contribution in [2.75, 3.05) is 32.8 Å². The van der Waals surface area contributed by atoms with Gasteiger partial charge in [0, 0.05) is 24.5 Å². The minimum Gasteiger partial charge on any atom is -0.491 e. The summed E-state index contributed by atoms with van der Waals surface area (Å²) in [6, 6.07) is 8.24. The molecule has 2 heterocycles. The van der Waals surface area contributed by atoms with Gasteiger partial charge in [0.05, 0.1) is 18.7 Å². The maximum atomic E-state index is 13.4. The normalized spacial score (nSPS) is 17.2. The van der Waals surface area contributed by atoms with E-state index in [0.717, 1.165) is 24.3 Å². The fourth-order valence-corrected chi connectivity index (χ4v) is 5.31. The Morgan fingerprint density at radius 2 is 2.03 bits per heavy atom. The van der Waals surface area contributed by atoms with Gasteiger partial charge < -0.3 is 14.7 Å². The molecule has 1 aliphatic heterocycles. The van der Waals surface area contributed by atoms with Crippen LogP contribution in [-0.2, 0) is 11.2 Å². The van der Waals surface area contributed by atoms with Crippen LogP contribution in [0.2, 0.25) is 0 Å². The van der Waals surface area contributed by atoms with Gasteiger partial charge in [-0.15, -0.1) is 11.3 Å². The lowest BCUT2D eigenvalue weighted by molar-refractivity contribution is -0.136. The van der Waals surface area contributed by atoms with E-state index in [1.165, 1.54) is 16.0 Å². The first kappa shape index (κ1) is 23.8. The van der Waals surface area contributed by atoms with E-state index in [9.17, 15) is 9.90 Å². The Morgan fingerprint density at radius 3 is 2.71 bits per heavy atom. The molecule has 0 bridgehead atoms. The number of ether oxygens (including phenoxy) is 1. The van der Waals surface area contributed by atoms with E-state index in [1.54, 1.807) is 18.3 Å². The molecule has 1 amide bonds.